The van der Waals surface area contributed by atoms with Gasteiger partial charge in [0.15, 0.2) is 0 Å². The molecule has 0 heterocycles. The van der Waals surface area contributed by atoms with Crippen LogP contribution in [0, 0.1) is 0 Å². The Kier molecular flexibility index (Phi) is 7.89. The predicted octanol–water partition coefficient (Wildman–Crippen LogP) is 0.902. The van der Waals surface area contributed by atoms with Crippen molar-refractivity contribution in [3.8, 4) is 0 Å². The van der Waals surface area contributed by atoms with Crippen LogP contribution in [0.2, 0.25) is 0 Å². The number of carbonyl (C=O) groups excluding carboxylic acids is 1. The zero-order valence-electron chi connectivity index (χ0n) is 9.08. The topological polar surface area (TPSA) is 78.4 Å². The fourth-order valence-corrected chi connectivity index (χ4v) is 1.41. The Hall–Kier alpha value is -0.910. The molecule has 0 aromatic rings. The van der Waals surface area contributed by atoms with Crippen LogP contribution in [0.25, 0.3) is 0 Å². The molecule has 1 atom stereocenters. The number of amides is 2. The van der Waals surface area contributed by atoms with Crippen molar-refractivity contribution in [3.05, 3.63) is 0 Å². The summed E-state index contributed by atoms with van der Waals surface area (Å²) in [7, 11) is 0. The first-order chi connectivity index (χ1) is 7.11. The van der Waals surface area contributed by atoms with Gasteiger partial charge in [0.05, 0.1) is 0 Å². The van der Waals surface area contributed by atoms with E-state index in [-0.39, 0.29) is 0 Å². The molecule has 3 N–H and O–H groups in total. The number of carboxylic acids is 1. The van der Waals surface area contributed by atoms with Crippen molar-refractivity contribution in [3.63, 3.8) is 0 Å². The molecule has 0 fully saturated rings. The molecule has 0 aromatic carbocycles. The molecular weight excluding hydrogens is 216 g/mol. The highest BCUT2D eigenvalue weighted by Gasteiger charge is 2.18. The van der Waals surface area contributed by atoms with E-state index < -0.39 is 18.0 Å². The van der Waals surface area contributed by atoms with Crippen LogP contribution in [0.3, 0.4) is 0 Å². The number of carboxylic acid groups (broad SMARTS) is 1. The molecule has 0 saturated carbocycles. The van der Waals surface area contributed by atoms with Crippen molar-refractivity contribution in [2.75, 3.05) is 18.6 Å². The maximum atomic E-state index is 11.2. The minimum atomic E-state index is -0.990. The summed E-state index contributed by atoms with van der Waals surface area (Å²) in [5.74, 6) is -0.277. The second kappa shape index (κ2) is 8.40. The van der Waals surface area contributed by atoms with E-state index in [2.05, 4.69) is 10.6 Å². The first kappa shape index (κ1) is 14.1. The van der Waals surface area contributed by atoms with Crippen molar-refractivity contribution in [1.29, 1.82) is 0 Å². The van der Waals surface area contributed by atoms with Gasteiger partial charge in [-0.3, -0.25) is 0 Å². The van der Waals surface area contributed by atoms with E-state index in [1.165, 1.54) is 0 Å². The number of hydrogen-bond donors (Lipinski definition) is 3. The van der Waals surface area contributed by atoms with E-state index in [0.717, 1.165) is 6.42 Å². The van der Waals surface area contributed by atoms with Crippen molar-refractivity contribution in [2.45, 2.75) is 25.8 Å². The number of rotatable bonds is 7. The van der Waals surface area contributed by atoms with Crippen LogP contribution < -0.4 is 10.6 Å². The van der Waals surface area contributed by atoms with Crippen LogP contribution in [0.4, 0.5) is 4.79 Å². The van der Waals surface area contributed by atoms with Crippen molar-refractivity contribution < 1.29 is 14.7 Å². The van der Waals surface area contributed by atoms with Crippen LogP contribution in [0.5, 0.6) is 0 Å². The summed E-state index contributed by atoms with van der Waals surface area (Å²) in [6, 6.07) is -1.21. The molecule has 15 heavy (non-hydrogen) atoms. The van der Waals surface area contributed by atoms with Crippen LogP contribution >= 0.6 is 11.8 Å². The maximum absolute atomic E-state index is 11.2. The summed E-state index contributed by atoms with van der Waals surface area (Å²) in [5, 5.41) is 13.8. The first-order valence-corrected chi connectivity index (χ1v) is 6.27. The Labute approximate surface area is 94.0 Å². The Morgan fingerprint density at radius 3 is 2.60 bits per heavy atom. The SMILES string of the molecule is CCCNC(=O)N[C@H](CCSC)C(=O)O. The van der Waals surface area contributed by atoms with Crippen LogP contribution in [0.15, 0.2) is 0 Å². The number of urea groups is 1. The lowest BCUT2D eigenvalue weighted by molar-refractivity contribution is -0.139. The normalized spacial score (nSPS) is 11.9. The molecule has 2 amide bonds. The lowest BCUT2D eigenvalue weighted by Gasteiger charge is -2.14. The van der Waals surface area contributed by atoms with Crippen LogP contribution in [0.1, 0.15) is 19.8 Å². The maximum Gasteiger partial charge on any atom is 0.326 e. The molecule has 0 spiro atoms. The number of hydrogen-bond acceptors (Lipinski definition) is 3. The van der Waals surface area contributed by atoms with Gasteiger partial charge in [0.1, 0.15) is 6.04 Å². The van der Waals surface area contributed by atoms with E-state index in [1.807, 2.05) is 13.2 Å². The van der Waals surface area contributed by atoms with Gasteiger partial charge in [-0.25, -0.2) is 9.59 Å². The molecule has 0 aromatic heterocycles. The average Bonchev–Trinajstić information content (AvgIpc) is 2.20. The van der Waals surface area contributed by atoms with Gasteiger partial charge < -0.3 is 15.7 Å². The van der Waals surface area contributed by atoms with Gasteiger partial charge in [0.2, 0.25) is 0 Å². The predicted molar refractivity (Wildman–Crippen MR) is 61.2 cm³/mol. The summed E-state index contributed by atoms with van der Waals surface area (Å²) in [5.41, 5.74) is 0. The minimum absolute atomic E-state index is 0.412. The molecule has 5 nitrogen and oxygen atoms in total. The quantitative estimate of drug-likeness (QED) is 0.611. The highest BCUT2D eigenvalue weighted by atomic mass is 32.2. The molecule has 0 bridgehead atoms. The van der Waals surface area contributed by atoms with Gasteiger partial charge in [-0.1, -0.05) is 6.92 Å². The average molecular weight is 234 g/mol. The standard InChI is InChI=1S/C9H18N2O3S/c1-3-5-10-9(14)11-7(8(12)13)4-6-15-2/h7H,3-6H2,1-2H3,(H,12,13)(H2,10,11,14)/t7-/m1/s1. The summed E-state index contributed by atoms with van der Waals surface area (Å²) in [4.78, 5) is 22.0. The zero-order chi connectivity index (χ0) is 11.7. The lowest BCUT2D eigenvalue weighted by atomic mass is 10.2. The molecule has 0 aliphatic rings. The van der Waals surface area contributed by atoms with Gasteiger partial charge in [-0.15, -0.1) is 0 Å². The molecule has 0 radical (unpaired) electrons. The molecule has 0 rings (SSSR count). The third kappa shape index (κ3) is 7.07. The Balaban J connectivity index is 3.93. The first-order valence-electron chi connectivity index (χ1n) is 4.88. The van der Waals surface area contributed by atoms with Crippen molar-refractivity contribution in [2.24, 2.45) is 0 Å². The fourth-order valence-electron chi connectivity index (χ4n) is 0.941. The lowest BCUT2D eigenvalue weighted by Crippen LogP contribution is -2.46. The molecule has 6 heteroatoms. The van der Waals surface area contributed by atoms with E-state index in [1.54, 1.807) is 11.8 Å². The van der Waals surface area contributed by atoms with Gasteiger partial charge in [-0.2, -0.15) is 11.8 Å². The third-order valence-corrected chi connectivity index (χ3v) is 2.39. The highest BCUT2D eigenvalue weighted by Crippen LogP contribution is 2.00. The summed E-state index contributed by atoms with van der Waals surface area (Å²) in [6.45, 7) is 2.49. The van der Waals surface area contributed by atoms with Gasteiger partial charge in [0.25, 0.3) is 0 Å². The van der Waals surface area contributed by atoms with Crippen molar-refractivity contribution in [1.82, 2.24) is 10.6 Å². The molecule has 0 unspecified atom stereocenters. The smallest absolute Gasteiger partial charge is 0.326 e. The number of nitrogens with one attached hydrogen (secondary N) is 2. The number of carbonyl (C=O) groups is 2. The van der Waals surface area contributed by atoms with E-state index in [4.69, 9.17) is 5.11 Å². The summed E-state index contributed by atoms with van der Waals surface area (Å²) >= 11 is 1.56. The largest absolute Gasteiger partial charge is 0.480 e. The van der Waals surface area contributed by atoms with Gasteiger partial charge >= 0.3 is 12.0 Å². The zero-order valence-corrected chi connectivity index (χ0v) is 9.89. The molecular formula is C9H18N2O3S. The van der Waals surface area contributed by atoms with E-state index in [9.17, 15) is 9.59 Å². The van der Waals surface area contributed by atoms with Gasteiger partial charge in [0, 0.05) is 6.54 Å². The third-order valence-electron chi connectivity index (χ3n) is 1.75. The Bertz CT molecular complexity index is 212. The minimum Gasteiger partial charge on any atom is -0.480 e. The van der Waals surface area contributed by atoms with Crippen LogP contribution in [-0.4, -0.2) is 41.7 Å². The van der Waals surface area contributed by atoms with Crippen molar-refractivity contribution >= 4 is 23.8 Å². The fraction of sp³-hybridized carbons (Fsp3) is 0.778. The molecule has 88 valence electrons. The molecule has 0 aliphatic carbocycles. The second-order valence-electron chi connectivity index (χ2n) is 3.07. The monoisotopic (exact) mass is 234 g/mol. The highest BCUT2D eigenvalue weighted by molar-refractivity contribution is 7.98. The molecule has 0 saturated heterocycles. The molecule has 0 aliphatic heterocycles. The second-order valence-corrected chi connectivity index (χ2v) is 4.06. The van der Waals surface area contributed by atoms with E-state index in [0.29, 0.717) is 18.7 Å². The summed E-state index contributed by atoms with van der Waals surface area (Å²) < 4.78 is 0. The van der Waals surface area contributed by atoms with E-state index >= 15 is 0 Å². The Morgan fingerprint density at radius 2 is 2.13 bits per heavy atom. The number of thioether (sulfide) groups is 1. The number of aliphatic carboxylic acids is 1. The Morgan fingerprint density at radius 1 is 1.47 bits per heavy atom. The summed E-state index contributed by atoms with van der Waals surface area (Å²) in [6.07, 6.45) is 3.17. The van der Waals surface area contributed by atoms with Gasteiger partial charge in [-0.05, 0) is 24.9 Å². The van der Waals surface area contributed by atoms with Crippen LogP contribution in [-0.2, 0) is 4.79 Å².